The number of ether oxygens (including phenoxy) is 4. The lowest BCUT2D eigenvalue weighted by Crippen LogP contribution is -2.42. The molecule has 0 aliphatic carbocycles. The van der Waals surface area contributed by atoms with Crippen molar-refractivity contribution in [2.24, 2.45) is 11.8 Å². The number of terminal acetylenes is 1. The molecule has 0 radical (unpaired) electrons. The molecule has 472 valence electrons. The molecular weight excluding hydrogens is 1280 g/mol. The van der Waals surface area contributed by atoms with Gasteiger partial charge in [0.1, 0.15) is 48.7 Å². The fraction of sp³-hybridized carbons (Fsp3) is 0.464. The number of hydrogen-bond donors (Lipinski definition) is 8. The minimum Gasteiger partial charge on any atom is -0.445 e. The second kappa shape index (κ2) is 30.3. The van der Waals surface area contributed by atoms with Crippen LogP contribution in [0.3, 0.4) is 0 Å². The van der Waals surface area contributed by atoms with Gasteiger partial charge in [0.2, 0.25) is 5.82 Å². The van der Waals surface area contributed by atoms with E-state index in [0.717, 1.165) is 37.7 Å². The third kappa shape index (κ3) is 16.2. The van der Waals surface area contributed by atoms with Gasteiger partial charge in [-0.3, -0.25) is 39.0 Å². The van der Waals surface area contributed by atoms with Gasteiger partial charge in [-0.2, -0.15) is 0 Å². The van der Waals surface area contributed by atoms with E-state index in [2.05, 4.69) is 58.3 Å². The van der Waals surface area contributed by atoms with E-state index in [1.807, 2.05) is 22.6 Å². The van der Waals surface area contributed by atoms with E-state index in [1.54, 1.807) is 47.9 Å². The standard InChI is InChI=1S/C28H32N8O8.C16H18N2O4.C12H15IN6O4/c1-2-30-26(39)23-21(37)22(38)27(44-23)35-15-31-20-24(29)32-19(33-25(20)35)5-3-4-16-10-12-34(13-11-16)28(40)43-14-17-6-8-18(9-7-17)36(41)42;1-2-3-13-8-10-17(11-9-13)16(19)22-12-14-4-6-15(7-5-14)18(20)21;1-2-15-10(22)7-5(20)6(21)11(23-7)19-3-16-4-8(14)17-12(13)18-9(4)19/h6-9,15-16,21-23,27,37-38H,2,4,10-14H2,1H3,(H,30,39)(H2,29,32,33);1,4-7,13H,3,8-12H2;3,5-7,11,20-21H,2H2,1H3,(H,15,22)(H2,14,17,18)/t21?,22-,23-,27+;;5?,6-,7-,11+/m0.0/s1. The summed E-state index contributed by atoms with van der Waals surface area (Å²) in [6.45, 7) is 6.67. The number of aliphatic hydroxyl groups is 4. The summed E-state index contributed by atoms with van der Waals surface area (Å²) in [5.74, 6) is 8.77. The fourth-order valence-electron chi connectivity index (χ4n) is 10.0. The SMILES string of the molecule is C#CCC1CCN(C(=O)OCc2ccc([N+](=O)[O-])cc2)CC1.CCNC(=O)[C@H]1O[C@@H](n2cnc3c(N)nc(C#CCC4CCN(C(=O)OCc5ccc([N+](=O)[O-])cc5)CC4)nc32)[C@@H](O)C1O.CCNC(=O)[C@H]1O[C@@H](n2cnc3c(N)nc(I)nc32)[C@@H](O)C1O. The zero-order chi connectivity index (χ0) is 64.1. The molecule has 8 atom stereocenters. The minimum absolute atomic E-state index is 0.0191. The molecule has 2 aromatic carbocycles. The molecule has 89 heavy (non-hydrogen) atoms. The van der Waals surface area contributed by atoms with Crippen molar-refractivity contribution in [3.8, 4) is 24.2 Å². The lowest BCUT2D eigenvalue weighted by molar-refractivity contribution is -0.385. The summed E-state index contributed by atoms with van der Waals surface area (Å²) in [4.78, 5) is 97.5. The summed E-state index contributed by atoms with van der Waals surface area (Å²) in [6.07, 6.45) is 1.65. The van der Waals surface area contributed by atoms with Crippen LogP contribution in [0.25, 0.3) is 22.3 Å². The Hall–Kier alpha value is -8.97. The number of rotatable bonds is 14. The number of likely N-dealkylation sites (tertiary alicyclic amines) is 2. The number of non-ortho nitro benzene ring substituents is 2. The number of amides is 4. The van der Waals surface area contributed by atoms with E-state index >= 15 is 0 Å². The summed E-state index contributed by atoms with van der Waals surface area (Å²) >= 11 is 1.91. The molecule has 4 saturated heterocycles. The number of carbonyl (C=O) groups is 4. The van der Waals surface area contributed by atoms with Gasteiger partial charge in [0, 0.05) is 99.0 Å². The van der Waals surface area contributed by atoms with E-state index in [-0.39, 0.29) is 65.2 Å². The number of hydrogen-bond acceptors (Lipinski definition) is 24. The molecule has 8 heterocycles. The van der Waals surface area contributed by atoms with Crippen LogP contribution in [0, 0.1) is 60.1 Å². The van der Waals surface area contributed by atoms with E-state index in [9.17, 15) is 59.8 Å². The number of nitro benzene ring substituents is 2. The Morgan fingerprint density at radius 1 is 0.663 bits per heavy atom. The molecule has 0 saturated carbocycles. The minimum atomic E-state index is -1.45. The van der Waals surface area contributed by atoms with Gasteiger partial charge >= 0.3 is 12.2 Å². The predicted molar refractivity (Wildman–Crippen MR) is 322 cm³/mol. The lowest BCUT2D eigenvalue weighted by Gasteiger charge is -2.30. The van der Waals surface area contributed by atoms with Crippen LogP contribution < -0.4 is 22.1 Å². The number of benzene rings is 2. The number of carbonyl (C=O) groups excluding carboxylic acids is 4. The Labute approximate surface area is 521 Å². The molecule has 32 nitrogen and oxygen atoms in total. The Kier molecular flexibility index (Phi) is 22.5. The van der Waals surface area contributed by atoms with Crippen LogP contribution in [0.5, 0.6) is 0 Å². The lowest BCUT2D eigenvalue weighted by atomic mass is 9.94. The predicted octanol–water partition coefficient (Wildman–Crippen LogP) is 2.60. The number of aromatic nitrogens is 8. The van der Waals surface area contributed by atoms with Gasteiger partial charge in [-0.15, -0.1) is 12.3 Å². The number of piperidine rings is 2. The quantitative estimate of drug-likeness (QED) is 0.0255. The normalized spacial score (nSPS) is 21.7. The number of nitrogen functional groups attached to an aromatic ring is 2. The van der Waals surface area contributed by atoms with Crippen LogP contribution in [-0.2, 0) is 41.8 Å². The summed E-state index contributed by atoms with van der Waals surface area (Å²) in [6, 6.07) is 11.8. The van der Waals surface area contributed by atoms with Crippen LogP contribution in [0.1, 0.15) is 81.8 Å². The average Bonchev–Trinajstić information content (AvgIpc) is 1.75. The van der Waals surface area contributed by atoms with E-state index in [0.29, 0.717) is 72.2 Å². The molecule has 4 fully saturated rings. The third-order valence-corrected chi connectivity index (χ3v) is 15.4. The number of anilines is 2. The number of nitrogens with two attached hydrogens (primary N) is 2. The first-order valence-electron chi connectivity index (χ1n) is 28.2. The van der Waals surface area contributed by atoms with Gasteiger partial charge in [-0.25, -0.2) is 39.5 Å². The van der Waals surface area contributed by atoms with E-state index in [4.69, 9.17) is 36.8 Å². The van der Waals surface area contributed by atoms with Crippen LogP contribution in [0.15, 0.2) is 61.2 Å². The van der Waals surface area contributed by atoms with Crippen molar-refractivity contribution in [2.45, 2.75) is 115 Å². The first kappa shape index (κ1) is 66.0. The van der Waals surface area contributed by atoms with Gasteiger partial charge in [-0.1, -0.05) is 5.92 Å². The first-order chi connectivity index (χ1) is 42.7. The number of nitrogens with one attached hydrogen (secondary N) is 2. The number of halogens is 1. The first-order valence-corrected chi connectivity index (χ1v) is 29.2. The average molecular weight is 1350 g/mol. The zero-order valence-corrected chi connectivity index (χ0v) is 50.3. The topological polar surface area (TPSA) is 442 Å². The second-order valence-corrected chi connectivity index (χ2v) is 21.8. The van der Waals surface area contributed by atoms with Crippen LogP contribution >= 0.6 is 22.6 Å². The third-order valence-electron chi connectivity index (χ3n) is 14.9. The van der Waals surface area contributed by atoms with Crippen molar-refractivity contribution in [3.05, 3.63) is 102 Å². The van der Waals surface area contributed by atoms with Gasteiger partial charge in [0.05, 0.1) is 22.5 Å². The highest BCUT2D eigenvalue weighted by Gasteiger charge is 2.49. The number of nitro groups is 2. The van der Waals surface area contributed by atoms with E-state index < -0.39 is 76.8 Å². The van der Waals surface area contributed by atoms with Gasteiger partial charge < -0.3 is 71.3 Å². The van der Waals surface area contributed by atoms with Crippen molar-refractivity contribution in [2.75, 3.05) is 50.7 Å². The molecule has 6 aromatic rings. The number of fused-ring (bicyclic) bond motifs is 2. The monoisotopic (exact) mass is 1340 g/mol. The summed E-state index contributed by atoms with van der Waals surface area (Å²) in [5, 5.41) is 67.8. The number of likely N-dealkylation sites (N-methyl/N-ethyl adjacent to an activating group) is 2. The van der Waals surface area contributed by atoms with Crippen LogP contribution in [0.4, 0.5) is 32.6 Å². The molecule has 0 bridgehead atoms. The van der Waals surface area contributed by atoms with Gasteiger partial charge in [-0.05, 0) is 92.7 Å². The maximum absolute atomic E-state index is 12.5. The number of nitrogens with zero attached hydrogens (tertiary/aromatic N) is 12. The van der Waals surface area contributed by atoms with Crippen molar-refractivity contribution in [1.82, 2.24) is 59.5 Å². The highest BCUT2D eigenvalue weighted by atomic mass is 127. The molecule has 4 aliphatic heterocycles. The Balaban J connectivity index is 0.000000191. The zero-order valence-electron chi connectivity index (χ0n) is 48.1. The molecule has 4 amide bonds. The van der Waals surface area contributed by atoms with Crippen LogP contribution in [0.2, 0.25) is 0 Å². The Morgan fingerprint density at radius 3 is 1.49 bits per heavy atom. The fourth-order valence-corrected chi connectivity index (χ4v) is 10.5. The molecule has 10 N–H and O–H groups in total. The maximum atomic E-state index is 12.5. The van der Waals surface area contributed by atoms with E-state index in [1.165, 1.54) is 46.1 Å². The summed E-state index contributed by atoms with van der Waals surface area (Å²) in [5.41, 5.74) is 14.5. The molecule has 33 heteroatoms. The van der Waals surface area contributed by atoms with Crippen molar-refractivity contribution < 1.29 is 68.4 Å². The smallest absolute Gasteiger partial charge is 0.410 e. The number of aliphatic hydroxyl groups excluding tert-OH is 4. The Bertz CT molecular complexity index is 3620. The molecule has 0 spiro atoms. The Morgan fingerprint density at radius 2 is 1.08 bits per heavy atom. The molecule has 4 aromatic heterocycles. The molecule has 4 aliphatic rings. The second-order valence-electron chi connectivity index (χ2n) is 20.8. The highest BCUT2D eigenvalue weighted by Crippen LogP contribution is 2.34. The molecule has 2 unspecified atom stereocenters. The van der Waals surface area contributed by atoms with Gasteiger partial charge in [0.25, 0.3) is 23.2 Å². The van der Waals surface area contributed by atoms with Crippen molar-refractivity contribution in [1.29, 1.82) is 0 Å². The summed E-state index contributed by atoms with van der Waals surface area (Å²) < 4.78 is 25.1. The van der Waals surface area contributed by atoms with Gasteiger partial charge in [0.15, 0.2) is 51.4 Å². The largest absolute Gasteiger partial charge is 0.445 e. The molecular formula is C56H65IN16O16. The number of imidazole rings is 2. The van der Waals surface area contributed by atoms with Crippen molar-refractivity contribution >= 4 is 91.9 Å². The molecule has 10 rings (SSSR count). The highest BCUT2D eigenvalue weighted by molar-refractivity contribution is 14.1. The summed E-state index contributed by atoms with van der Waals surface area (Å²) in [7, 11) is 0. The van der Waals surface area contributed by atoms with Crippen molar-refractivity contribution in [3.63, 3.8) is 0 Å². The maximum Gasteiger partial charge on any atom is 0.410 e. The van der Waals surface area contributed by atoms with Crippen LogP contribution in [-0.4, -0.2) is 179 Å².